The van der Waals surface area contributed by atoms with E-state index in [0.29, 0.717) is 5.56 Å². The average molecular weight is 273 g/mol. The van der Waals surface area contributed by atoms with Gasteiger partial charge in [-0.3, -0.25) is 4.68 Å². The highest BCUT2D eigenvalue weighted by Gasteiger charge is 2.10. The molecule has 1 aromatic carbocycles. The first-order valence-corrected chi connectivity index (χ1v) is 6.56. The van der Waals surface area contributed by atoms with Gasteiger partial charge in [-0.15, -0.1) is 0 Å². The van der Waals surface area contributed by atoms with Crippen LogP contribution >= 0.6 is 0 Å². The lowest BCUT2D eigenvalue weighted by Gasteiger charge is -1.97. The summed E-state index contributed by atoms with van der Waals surface area (Å²) in [5.41, 5.74) is 4.44. The maximum absolute atomic E-state index is 9.01. The number of rotatable bonds is 1. The Morgan fingerprint density at radius 3 is 3.00 bits per heavy atom. The number of aromatic amines is 1. The van der Waals surface area contributed by atoms with Crippen LogP contribution in [0.2, 0.25) is 0 Å². The molecular formula is C16H11N5. The monoisotopic (exact) mass is 273 g/mol. The number of aryl methyl sites for hydroxylation is 1. The number of fused-ring (bicyclic) bond motifs is 3. The molecule has 0 atom stereocenters. The van der Waals surface area contributed by atoms with Gasteiger partial charge >= 0.3 is 0 Å². The molecule has 0 aliphatic rings. The van der Waals surface area contributed by atoms with Crippen LogP contribution in [0.15, 0.2) is 42.7 Å². The van der Waals surface area contributed by atoms with Crippen molar-refractivity contribution in [2.24, 2.45) is 7.05 Å². The summed E-state index contributed by atoms with van der Waals surface area (Å²) in [6.07, 6.45) is 3.63. The van der Waals surface area contributed by atoms with E-state index in [1.165, 1.54) is 0 Å². The van der Waals surface area contributed by atoms with Crippen molar-refractivity contribution in [2.75, 3.05) is 0 Å². The van der Waals surface area contributed by atoms with Crippen LogP contribution in [0.1, 0.15) is 5.56 Å². The van der Waals surface area contributed by atoms with Gasteiger partial charge in [-0.1, -0.05) is 12.1 Å². The van der Waals surface area contributed by atoms with Crippen molar-refractivity contribution in [3.63, 3.8) is 0 Å². The van der Waals surface area contributed by atoms with E-state index in [0.717, 1.165) is 33.2 Å². The van der Waals surface area contributed by atoms with E-state index in [1.54, 1.807) is 6.07 Å². The maximum Gasteiger partial charge on any atom is 0.139 e. The first kappa shape index (κ1) is 11.7. The van der Waals surface area contributed by atoms with Crippen LogP contribution in [-0.4, -0.2) is 19.7 Å². The Kier molecular flexibility index (Phi) is 2.33. The molecule has 0 aliphatic heterocycles. The van der Waals surface area contributed by atoms with Gasteiger partial charge in [0.2, 0.25) is 0 Å². The van der Waals surface area contributed by atoms with Crippen LogP contribution in [0.5, 0.6) is 0 Å². The molecule has 1 N–H and O–H groups in total. The summed E-state index contributed by atoms with van der Waals surface area (Å²) < 4.78 is 1.85. The lowest BCUT2D eigenvalue weighted by atomic mass is 10.1. The zero-order valence-corrected chi connectivity index (χ0v) is 11.3. The second kappa shape index (κ2) is 4.18. The van der Waals surface area contributed by atoms with E-state index >= 15 is 0 Å². The topological polar surface area (TPSA) is 70.3 Å². The number of benzene rings is 1. The molecule has 0 radical (unpaired) electrons. The summed E-state index contributed by atoms with van der Waals surface area (Å²) in [7, 11) is 1.92. The third kappa shape index (κ3) is 1.70. The summed E-state index contributed by atoms with van der Waals surface area (Å²) in [5.74, 6) is 0. The number of nitrogens with one attached hydrogen (secondary N) is 1. The molecule has 21 heavy (non-hydrogen) atoms. The Labute approximate surface area is 120 Å². The average Bonchev–Trinajstić information content (AvgIpc) is 3.10. The van der Waals surface area contributed by atoms with Crippen molar-refractivity contribution in [3.05, 3.63) is 48.3 Å². The van der Waals surface area contributed by atoms with Crippen molar-refractivity contribution < 1.29 is 0 Å². The number of nitriles is 1. The Morgan fingerprint density at radius 2 is 2.14 bits per heavy atom. The van der Waals surface area contributed by atoms with Gasteiger partial charge in [-0.05, 0) is 23.8 Å². The number of aromatic nitrogens is 4. The molecule has 3 heterocycles. The summed E-state index contributed by atoms with van der Waals surface area (Å²) in [6.45, 7) is 0. The molecule has 5 nitrogen and oxygen atoms in total. The zero-order valence-electron chi connectivity index (χ0n) is 11.3. The van der Waals surface area contributed by atoms with Crippen LogP contribution in [-0.2, 0) is 7.05 Å². The summed E-state index contributed by atoms with van der Waals surface area (Å²) in [5, 5.41) is 15.3. The lowest BCUT2D eigenvalue weighted by molar-refractivity contribution is 0.799. The van der Waals surface area contributed by atoms with Crippen molar-refractivity contribution in [1.29, 1.82) is 5.26 Å². The van der Waals surface area contributed by atoms with E-state index in [4.69, 9.17) is 5.26 Å². The molecule has 3 aromatic heterocycles. The standard InChI is InChI=1S/C16H11N5/c1-21-15-12(9-19-21)8-18-16-13(15)6-14(20-16)11-4-2-3-10(5-11)7-17/h2-6,8-9H,1H3,(H,18,20). The zero-order chi connectivity index (χ0) is 14.4. The number of pyridine rings is 1. The normalized spacial score (nSPS) is 11.0. The first-order chi connectivity index (χ1) is 10.3. The van der Waals surface area contributed by atoms with Gasteiger partial charge in [0.05, 0.1) is 23.3 Å². The maximum atomic E-state index is 9.01. The van der Waals surface area contributed by atoms with E-state index in [1.807, 2.05) is 42.3 Å². The predicted octanol–water partition coefficient (Wildman–Crippen LogP) is 2.99. The van der Waals surface area contributed by atoms with Crippen LogP contribution in [0.4, 0.5) is 0 Å². The Bertz CT molecular complexity index is 1020. The largest absolute Gasteiger partial charge is 0.339 e. The van der Waals surface area contributed by atoms with E-state index in [2.05, 4.69) is 27.2 Å². The highest BCUT2D eigenvalue weighted by atomic mass is 15.2. The van der Waals surface area contributed by atoms with Crippen LogP contribution in [0, 0.1) is 11.3 Å². The second-order valence-corrected chi connectivity index (χ2v) is 4.97. The molecular weight excluding hydrogens is 262 g/mol. The van der Waals surface area contributed by atoms with Gasteiger partial charge in [-0.2, -0.15) is 10.4 Å². The van der Waals surface area contributed by atoms with E-state index in [-0.39, 0.29) is 0 Å². The van der Waals surface area contributed by atoms with Gasteiger partial charge in [0.25, 0.3) is 0 Å². The third-order valence-corrected chi connectivity index (χ3v) is 3.65. The molecule has 5 heteroatoms. The van der Waals surface area contributed by atoms with E-state index < -0.39 is 0 Å². The van der Waals surface area contributed by atoms with Crippen molar-refractivity contribution in [1.82, 2.24) is 19.7 Å². The smallest absolute Gasteiger partial charge is 0.139 e. The Balaban J connectivity index is 2.00. The molecule has 0 spiro atoms. The fourth-order valence-corrected chi connectivity index (χ4v) is 2.65. The minimum atomic E-state index is 0.643. The molecule has 0 saturated heterocycles. The molecule has 0 aliphatic carbocycles. The fourth-order valence-electron chi connectivity index (χ4n) is 2.65. The molecule has 0 unspecified atom stereocenters. The first-order valence-electron chi connectivity index (χ1n) is 6.56. The Hall–Kier alpha value is -3.13. The van der Waals surface area contributed by atoms with E-state index in [9.17, 15) is 0 Å². The number of nitrogens with zero attached hydrogens (tertiary/aromatic N) is 4. The van der Waals surface area contributed by atoms with Crippen LogP contribution in [0.3, 0.4) is 0 Å². The van der Waals surface area contributed by atoms with Gasteiger partial charge in [0.1, 0.15) is 5.65 Å². The fraction of sp³-hybridized carbons (Fsp3) is 0.0625. The molecule has 4 rings (SSSR count). The number of hydrogen-bond acceptors (Lipinski definition) is 3. The molecule has 0 amide bonds. The summed E-state index contributed by atoms with van der Waals surface area (Å²) >= 11 is 0. The van der Waals surface area contributed by atoms with Crippen molar-refractivity contribution >= 4 is 21.9 Å². The molecule has 100 valence electrons. The summed E-state index contributed by atoms with van der Waals surface area (Å²) in [4.78, 5) is 7.75. The quantitative estimate of drug-likeness (QED) is 0.579. The highest BCUT2D eigenvalue weighted by molar-refractivity contribution is 6.04. The second-order valence-electron chi connectivity index (χ2n) is 4.97. The summed E-state index contributed by atoms with van der Waals surface area (Å²) in [6, 6.07) is 11.7. The predicted molar refractivity (Wildman–Crippen MR) is 80.5 cm³/mol. The molecule has 0 saturated carbocycles. The SMILES string of the molecule is Cn1ncc2cnc3[nH]c(-c4cccc(C#N)c4)cc3c21. The van der Waals surface area contributed by atoms with Crippen LogP contribution < -0.4 is 0 Å². The van der Waals surface area contributed by atoms with Gasteiger partial charge in [0.15, 0.2) is 0 Å². The van der Waals surface area contributed by atoms with Gasteiger partial charge < -0.3 is 4.98 Å². The molecule has 0 bridgehead atoms. The lowest BCUT2D eigenvalue weighted by Crippen LogP contribution is -1.89. The molecule has 4 aromatic rings. The Morgan fingerprint density at radius 1 is 1.24 bits per heavy atom. The van der Waals surface area contributed by atoms with Gasteiger partial charge in [-0.25, -0.2) is 4.98 Å². The van der Waals surface area contributed by atoms with Gasteiger partial charge in [0, 0.05) is 29.7 Å². The minimum Gasteiger partial charge on any atom is -0.339 e. The minimum absolute atomic E-state index is 0.643. The number of H-pyrrole nitrogens is 1. The third-order valence-electron chi connectivity index (χ3n) is 3.65. The van der Waals surface area contributed by atoms with Crippen molar-refractivity contribution in [3.8, 4) is 17.3 Å². The van der Waals surface area contributed by atoms with Crippen LogP contribution in [0.25, 0.3) is 33.2 Å². The van der Waals surface area contributed by atoms with Crippen molar-refractivity contribution in [2.45, 2.75) is 0 Å². The highest BCUT2D eigenvalue weighted by Crippen LogP contribution is 2.28. The molecule has 0 fully saturated rings. The number of hydrogen-bond donors (Lipinski definition) is 1.